The van der Waals surface area contributed by atoms with Crippen molar-refractivity contribution >= 4 is 11.8 Å². The van der Waals surface area contributed by atoms with Gasteiger partial charge in [0.2, 0.25) is 5.16 Å². The van der Waals surface area contributed by atoms with Crippen LogP contribution in [0, 0.1) is 0 Å². The highest BCUT2D eigenvalue weighted by atomic mass is 32.2. The summed E-state index contributed by atoms with van der Waals surface area (Å²) in [5, 5.41) is 23.2. The molecule has 0 amide bonds. The summed E-state index contributed by atoms with van der Waals surface area (Å²) in [6.45, 7) is 0.661. The average molecular weight is 304 g/mol. The highest BCUT2D eigenvalue weighted by Crippen LogP contribution is 2.32. The Morgan fingerprint density at radius 1 is 1.14 bits per heavy atom. The Kier molecular flexibility index (Phi) is 4.55. The van der Waals surface area contributed by atoms with Gasteiger partial charge in [-0.15, -0.1) is 5.10 Å². The van der Waals surface area contributed by atoms with Crippen molar-refractivity contribution in [3.05, 3.63) is 35.9 Å². The van der Waals surface area contributed by atoms with Gasteiger partial charge < -0.3 is 5.11 Å². The lowest BCUT2D eigenvalue weighted by atomic mass is 9.86. The van der Waals surface area contributed by atoms with Gasteiger partial charge in [0.15, 0.2) is 0 Å². The second-order valence-electron chi connectivity index (χ2n) is 5.68. The van der Waals surface area contributed by atoms with Gasteiger partial charge in [-0.05, 0) is 28.8 Å². The molecule has 3 rings (SSSR count). The van der Waals surface area contributed by atoms with E-state index in [1.807, 2.05) is 18.2 Å². The smallest absolute Gasteiger partial charge is 0.209 e. The molecule has 0 aliphatic heterocycles. The molecule has 6 heteroatoms. The van der Waals surface area contributed by atoms with Gasteiger partial charge in [0, 0.05) is 5.75 Å². The lowest BCUT2D eigenvalue weighted by molar-refractivity contribution is 0.0272. The predicted octanol–water partition coefficient (Wildman–Crippen LogP) is 2.51. The predicted molar refractivity (Wildman–Crippen MR) is 82.1 cm³/mol. The molecule has 0 saturated heterocycles. The van der Waals surface area contributed by atoms with Crippen LogP contribution in [-0.2, 0) is 6.54 Å². The second kappa shape index (κ2) is 6.58. The maximum Gasteiger partial charge on any atom is 0.209 e. The summed E-state index contributed by atoms with van der Waals surface area (Å²) in [7, 11) is 0. The van der Waals surface area contributed by atoms with Gasteiger partial charge >= 0.3 is 0 Å². The number of aromatic nitrogens is 4. The largest absolute Gasteiger partial charge is 0.389 e. The molecule has 5 nitrogen and oxygen atoms in total. The van der Waals surface area contributed by atoms with Crippen LogP contribution in [-0.4, -0.2) is 36.7 Å². The van der Waals surface area contributed by atoms with E-state index in [2.05, 4.69) is 27.7 Å². The molecule has 0 spiro atoms. The summed E-state index contributed by atoms with van der Waals surface area (Å²) >= 11 is 1.56. The van der Waals surface area contributed by atoms with Crippen LogP contribution in [0.2, 0.25) is 0 Å². The zero-order valence-corrected chi connectivity index (χ0v) is 12.8. The molecule has 1 aliphatic rings. The third kappa shape index (κ3) is 3.83. The van der Waals surface area contributed by atoms with E-state index in [1.54, 1.807) is 16.4 Å². The van der Waals surface area contributed by atoms with Crippen LogP contribution in [0.1, 0.15) is 37.7 Å². The van der Waals surface area contributed by atoms with E-state index in [4.69, 9.17) is 0 Å². The van der Waals surface area contributed by atoms with Crippen LogP contribution in [0.15, 0.2) is 35.5 Å². The Balaban J connectivity index is 1.63. The Hall–Kier alpha value is -1.40. The van der Waals surface area contributed by atoms with Crippen LogP contribution in [0.3, 0.4) is 0 Å². The highest BCUT2D eigenvalue weighted by molar-refractivity contribution is 7.99. The minimum atomic E-state index is -0.549. The fourth-order valence-corrected chi connectivity index (χ4v) is 3.74. The van der Waals surface area contributed by atoms with Gasteiger partial charge in [-0.2, -0.15) is 0 Å². The minimum Gasteiger partial charge on any atom is -0.389 e. The maximum absolute atomic E-state index is 10.6. The second-order valence-corrected chi connectivity index (χ2v) is 6.62. The van der Waals surface area contributed by atoms with Gasteiger partial charge in [-0.3, -0.25) is 0 Å². The molecule has 1 N–H and O–H groups in total. The summed E-state index contributed by atoms with van der Waals surface area (Å²) in [5.41, 5.74) is 0.620. The summed E-state index contributed by atoms with van der Waals surface area (Å²) < 4.78 is 1.80. The van der Waals surface area contributed by atoms with Crippen LogP contribution in [0.25, 0.3) is 0 Å². The van der Waals surface area contributed by atoms with Gasteiger partial charge in [0.05, 0.1) is 12.1 Å². The zero-order valence-electron chi connectivity index (χ0n) is 12.0. The first kappa shape index (κ1) is 14.5. The van der Waals surface area contributed by atoms with Gasteiger partial charge in [0.25, 0.3) is 0 Å². The van der Waals surface area contributed by atoms with E-state index in [1.165, 1.54) is 12.0 Å². The lowest BCUT2D eigenvalue weighted by Crippen LogP contribution is -2.34. The van der Waals surface area contributed by atoms with Crippen molar-refractivity contribution in [2.45, 2.75) is 49.4 Å². The summed E-state index contributed by atoms with van der Waals surface area (Å²) in [5.74, 6) is 0.669. The molecule has 0 bridgehead atoms. The molecular weight excluding hydrogens is 284 g/mol. The number of aliphatic hydroxyl groups is 1. The number of thioether (sulfide) groups is 1. The minimum absolute atomic E-state index is 0.549. The van der Waals surface area contributed by atoms with Crippen molar-refractivity contribution in [2.75, 3.05) is 5.75 Å². The quantitative estimate of drug-likeness (QED) is 0.860. The van der Waals surface area contributed by atoms with Crippen LogP contribution < -0.4 is 0 Å². The fraction of sp³-hybridized carbons (Fsp3) is 0.533. The first-order valence-electron chi connectivity index (χ1n) is 7.40. The molecule has 0 unspecified atom stereocenters. The Bertz CT molecular complexity index is 566. The normalized spacial score (nSPS) is 17.8. The van der Waals surface area contributed by atoms with Crippen molar-refractivity contribution in [1.82, 2.24) is 20.2 Å². The van der Waals surface area contributed by atoms with Crippen molar-refractivity contribution in [3.8, 4) is 0 Å². The SMILES string of the molecule is OC1(CSc2nnnn2Cc2ccccc2)CCCCC1. The maximum atomic E-state index is 10.6. The number of rotatable bonds is 5. The molecule has 1 aliphatic carbocycles. The molecular formula is C15H20N4OS. The van der Waals surface area contributed by atoms with E-state index < -0.39 is 5.60 Å². The van der Waals surface area contributed by atoms with Crippen LogP contribution >= 0.6 is 11.8 Å². The number of tetrazole rings is 1. The molecule has 2 aromatic rings. The molecule has 1 saturated carbocycles. The fourth-order valence-electron chi connectivity index (χ4n) is 2.71. The summed E-state index contributed by atoms with van der Waals surface area (Å²) in [4.78, 5) is 0. The molecule has 0 atom stereocenters. The Labute approximate surface area is 128 Å². The first-order valence-corrected chi connectivity index (χ1v) is 8.39. The highest BCUT2D eigenvalue weighted by Gasteiger charge is 2.29. The third-order valence-corrected chi connectivity index (χ3v) is 5.16. The van der Waals surface area contributed by atoms with Gasteiger partial charge in [0.1, 0.15) is 0 Å². The van der Waals surface area contributed by atoms with Gasteiger partial charge in [-0.25, -0.2) is 4.68 Å². The number of hydrogen-bond acceptors (Lipinski definition) is 5. The van der Waals surface area contributed by atoms with E-state index in [0.717, 1.165) is 30.8 Å². The van der Waals surface area contributed by atoms with Crippen LogP contribution in [0.4, 0.5) is 0 Å². The zero-order chi connectivity index (χ0) is 14.5. The Morgan fingerprint density at radius 2 is 1.90 bits per heavy atom. The van der Waals surface area contributed by atoms with Crippen molar-refractivity contribution < 1.29 is 5.11 Å². The topological polar surface area (TPSA) is 63.8 Å². The third-order valence-electron chi connectivity index (χ3n) is 3.93. The summed E-state index contributed by atoms with van der Waals surface area (Å²) in [6.07, 6.45) is 5.25. The molecule has 1 heterocycles. The van der Waals surface area contributed by atoms with Gasteiger partial charge in [-0.1, -0.05) is 61.4 Å². The molecule has 1 aromatic heterocycles. The summed E-state index contributed by atoms with van der Waals surface area (Å²) in [6, 6.07) is 10.1. The van der Waals surface area contributed by atoms with E-state index >= 15 is 0 Å². The van der Waals surface area contributed by atoms with E-state index in [0.29, 0.717) is 12.3 Å². The number of benzene rings is 1. The van der Waals surface area contributed by atoms with Crippen molar-refractivity contribution in [3.63, 3.8) is 0 Å². The molecule has 0 radical (unpaired) electrons. The Morgan fingerprint density at radius 3 is 2.67 bits per heavy atom. The standard InChI is InChI=1S/C15H20N4OS/c20-15(9-5-2-6-10-15)12-21-14-16-17-18-19(14)11-13-7-3-1-4-8-13/h1,3-4,7-8,20H,2,5-6,9-12H2. The molecule has 1 aromatic carbocycles. The average Bonchev–Trinajstić information content (AvgIpc) is 2.94. The van der Waals surface area contributed by atoms with Crippen LogP contribution in [0.5, 0.6) is 0 Å². The monoisotopic (exact) mass is 304 g/mol. The molecule has 21 heavy (non-hydrogen) atoms. The lowest BCUT2D eigenvalue weighted by Gasteiger charge is -2.31. The van der Waals surface area contributed by atoms with Crippen molar-refractivity contribution in [1.29, 1.82) is 0 Å². The van der Waals surface area contributed by atoms with Crippen molar-refractivity contribution in [2.24, 2.45) is 0 Å². The van der Waals surface area contributed by atoms with E-state index in [9.17, 15) is 5.11 Å². The van der Waals surface area contributed by atoms with E-state index in [-0.39, 0.29) is 0 Å². The first-order chi connectivity index (χ1) is 10.3. The number of nitrogens with zero attached hydrogens (tertiary/aromatic N) is 4. The molecule has 112 valence electrons. The number of hydrogen-bond donors (Lipinski definition) is 1. The molecule has 1 fully saturated rings.